The van der Waals surface area contributed by atoms with Crippen LogP contribution in [-0.2, 0) is 0 Å². The van der Waals surface area contributed by atoms with E-state index >= 15 is 0 Å². The van der Waals surface area contributed by atoms with E-state index < -0.39 is 0 Å². The zero-order valence-electron chi connectivity index (χ0n) is 7.71. The Hall–Kier alpha value is -0.600. The van der Waals surface area contributed by atoms with Crippen molar-refractivity contribution in [2.45, 2.75) is 12.8 Å². The highest BCUT2D eigenvalue weighted by atomic mass is 15.6. The molecule has 0 aromatic rings. The van der Waals surface area contributed by atoms with Gasteiger partial charge in [0.1, 0.15) is 0 Å². The Balaban J connectivity index is 2.38. The van der Waals surface area contributed by atoms with Crippen LogP contribution in [0.5, 0.6) is 0 Å². The number of nitrogens with zero attached hydrogens (tertiary/aromatic N) is 2. The lowest BCUT2D eigenvalue weighted by molar-refractivity contribution is 0.0206. The van der Waals surface area contributed by atoms with Crippen LogP contribution in [0, 0.1) is 0 Å². The summed E-state index contributed by atoms with van der Waals surface area (Å²) in [6.45, 7) is 11.8. The van der Waals surface area contributed by atoms with Gasteiger partial charge < -0.3 is 0 Å². The zero-order chi connectivity index (χ0) is 8.81. The molecule has 0 aromatic carbocycles. The van der Waals surface area contributed by atoms with E-state index in [4.69, 9.17) is 0 Å². The van der Waals surface area contributed by atoms with Crippen molar-refractivity contribution < 1.29 is 0 Å². The number of hydrogen-bond acceptors (Lipinski definition) is 2. The molecule has 1 aliphatic heterocycles. The van der Waals surface area contributed by atoms with Gasteiger partial charge >= 0.3 is 0 Å². The molecule has 0 amide bonds. The maximum atomic E-state index is 3.75. The van der Waals surface area contributed by atoms with Crippen molar-refractivity contribution in [3.8, 4) is 0 Å². The summed E-state index contributed by atoms with van der Waals surface area (Å²) in [7, 11) is 0. The molecule has 0 N–H and O–H groups in total. The average Bonchev–Trinajstić information content (AvgIpc) is 2.56. The molecule has 68 valence electrons. The van der Waals surface area contributed by atoms with Gasteiger partial charge in [0.2, 0.25) is 0 Å². The second-order valence-corrected chi connectivity index (χ2v) is 3.11. The van der Waals surface area contributed by atoms with Gasteiger partial charge in [0.15, 0.2) is 0 Å². The van der Waals surface area contributed by atoms with Gasteiger partial charge in [0, 0.05) is 26.2 Å². The summed E-state index contributed by atoms with van der Waals surface area (Å²) in [5.41, 5.74) is 0. The fourth-order valence-corrected chi connectivity index (χ4v) is 1.59. The van der Waals surface area contributed by atoms with Crippen LogP contribution in [0.3, 0.4) is 0 Å². The Morgan fingerprint density at radius 1 is 1.08 bits per heavy atom. The summed E-state index contributed by atoms with van der Waals surface area (Å²) >= 11 is 0. The van der Waals surface area contributed by atoms with Gasteiger partial charge in [-0.25, -0.2) is 10.0 Å². The topological polar surface area (TPSA) is 6.48 Å². The Morgan fingerprint density at radius 3 is 2.00 bits per heavy atom. The van der Waals surface area contributed by atoms with Crippen LogP contribution in [-0.4, -0.2) is 36.2 Å². The molecule has 1 rings (SSSR count). The molecule has 1 aliphatic rings. The first kappa shape index (κ1) is 9.49. The molecule has 0 atom stereocenters. The molecule has 2 heteroatoms. The zero-order valence-corrected chi connectivity index (χ0v) is 7.71. The maximum absolute atomic E-state index is 3.75. The molecule has 0 radical (unpaired) electrons. The molecule has 1 saturated heterocycles. The first-order valence-corrected chi connectivity index (χ1v) is 4.60. The molecule has 0 aromatic heterocycles. The average molecular weight is 166 g/mol. The molecular weight excluding hydrogens is 148 g/mol. The van der Waals surface area contributed by atoms with Crippen LogP contribution in [0.25, 0.3) is 0 Å². The maximum Gasteiger partial charge on any atom is 0.0315 e. The van der Waals surface area contributed by atoms with E-state index in [9.17, 15) is 0 Å². The van der Waals surface area contributed by atoms with Crippen molar-refractivity contribution in [3.05, 3.63) is 25.3 Å². The fourth-order valence-electron chi connectivity index (χ4n) is 1.59. The predicted octanol–water partition coefficient (Wildman–Crippen LogP) is 1.67. The van der Waals surface area contributed by atoms with Gasteiger partial charge in [-0.1, -0.05) is 12.2 Å². The monoisotopic (exact) mass is 166 g/mol. The van der Waals surface area contributed by atoms with E-state index in [0.29, 0.717) is 0 Å². The minimum atomic E-state index is 0.937. The third kappa shape index (κ3) is 2.47. The highest BCUT2D eigenvalue weighted by Crippen LogP contribution is 2.10. The van der Waals surface area contributed by atoms with E-state index in [1.54, 1.807) is 0 Å². The van der Waals surface area contributed by atoms with Gasteiger partial charge in [-0.3, -0.25) is 0 Å². The minimum Gasteiger partial charge on any atom is -0.241 e. The molecule has 12 heavy (non-hydrogen) atoms. The molecule has 1 fully saturated rings. The SMILES string of the molecule is C=CCN(CC=C)N1CCCC1. The smallest absolute Gasteiger partial charge is 0.0315 e. The number of rotatable bonds is 5. The van der Waals surface area contributed by atoms with Crippen molar-refractivity contribution >= 4 is 0 Å². The van der Waals surface area contributed by atoms with Crippen LogP contribution in [0.2, 0.25) is 0 Å². The Kier molecular flexibility index (Phi) is 4.05. The largest absolute Gasteiger partial charge is 0.241 e. The van der Waals surface area contributed by atoms with E-state index in [1.807, 2.05) is 12.2 Å². The summed E-state index contributed by atoms with van der Waals surface area (Å²) < 4.78 is 0. The van der Waals surface area contributed by atoms with Gasteiger partial charge in [-0.15, -0.1) is 13.2 Å². The lowest BCUT2D eigenvalue weighted by atomic mass is 10.4. The van der Waals surface area contributed by atoms with Gasteiger partial charge in [-0.2, -0.15) is 0 Å². The summed E-state index contributed by atoms with van der Waals surface area (Å²) in [5, 5.41) is 4.69. The number of hydrazine groups is 1. The summed E-state index contributed by atoms with van der Waals surface area (Å²) in [5.74, 6) is 0. The quantitative estimate of drug-likeness (QED) is 0.573. The van der Waals surface area contributed by atoms with Gasteiger partial charge in [0.25, 0.3) is 0 Å². The van der Waals surface area contributed by atoms with Gasteiger partial charge in [0.05, 0.1) is 0 Å². The third-order valence-corrected chi connectivity index (χ3v) is 2.16. The van der Waals surface area contributed by atoms with E-state index in [2.05, 4.69) is 23.2 Å². The standard InChI is InChI=1S/C10H18N2/c1-3-7-11(8-4-2)12-9-5-6-10-12/h3-4H,1-2,5-10H2. The third-order valence-electron chi connectivity index (χ3n) is 2.16. The van der Waals surface area contributed by atoms with Crippen molar-refractivity contribution in [3.63, 3.8) is 0 Å². The minimum absolute atomic E-state index is 0.937. The van der Waals surface area contributed by atoms with Crippen LogP contribution in [0.4, 0.5) is 0 Å². The van der Waals surface area contributed by atoms with Crippen molar-refractivity contribution in [1.82, 2.24) is 10.0 Å². The fraction of sp³-hybridized carbons (Fsp3) is 0.600. The summed E-state index contributed by atoms with van der Waals surface area (Å²) in [6.07, 6.45) is 6.54. The molecule has 0 spiro atoms. The second-order valence-electron chi connectivity index (χ2n) is 3.11. The lowest BCUT2D eigenvalue weighted by Crippen LogP contribution is -2.40. The lowest BCUT2D eigenvalue weighted by Gasteiger charge is -2.29. The van der Waals surface area contributed by atoms with E-state index in [0.717, 1.165) is 13.1 Å². The molecule has 0 aliphatic carbocycles. The first-order chi connectivity index (χ1) is 5.88. The molecule has 2 nitrogen and oxygen atoms in total. The van der Waals surface area contributed by atoms with Crippen LogP contribution >= 0.6 is 0 Å². The van der Waals surface area contributed by atoms with Crippen LogP contribution in [0.1, 0.15) is 12.8 Å². The second kappa shape index (κ2) is 5.12. The first-order valence-electron chi connectivity index (χ1n) is 4.60. The van der Waals surface area contributed by atoms with E-state index in [1.165, 1.54) is 25.9 Å². The highest BCUT2D eigenvalue weighted by molar-refractivity contribution is 4.80. The van der Waals surface area contributed by atoms with Crippen molar-refractivity contribution in [2.75, 3.05) is 26.2 Å². The molecule has 0 bridgehead atoms. The van der Waals surface area contributed by atoms with E-state index in [-0.39, 0.29) is 0 Å². The van der Waals surface area contributed by atoms with Crippen molar-refractivity contribution in [1.29, 1.82) is 0 Å². The van der Waals surface area contributed by atoms with Crippen LogP contribution < -0.4 is 0 Å². The Labute approximate surface area is 75.1 Å². The van der Waals surface area contributed by atoms with Crippen molar-refractivity contribution in [2.24, 2.45) is 0 Å². The predicted molar refractivity (Wildman–Crippen MR) is 52.8 cm³/mol. The molecular formula is C10H18N2. The normalized spacial score (nSPS) is 18.4. The molecule has 0 saturated carbocycles. The Morgan fingerprint density at radius 2 is 1.58 bits per heavy atom. The summed E-state index contributed by atoms with van der Waals surface area (Å²) in [6, 6.07) is 0. The molecule has 0 unspecified atom stereocenters. The van der Waals surface area contributed by atoms with Gasteiger partial charge in [-0.05, 0) is 12.8 Å². The Bertz CT molecular complexity index is 138. The molecule has 1 heterocycles. The number of hydrogen-bond donors (Lipinski definition) is 0. The van der Waals surface area contributed by atoms with Crippen LogP contribution in [0.15, 0.2) is 25.3 Å². The summed E-state index contributed by atoms with van der Waals surface area (Å²) in [4.78, 5) is 0. The highest BCUT2D eigenvalue weighted by Gasteiger charge is 2.16.